The van der Waals surface area contributed by atoms with E-state index in [1.165, 1.54) is 6.07 Å². The van der Waals surface area contributed by atoms with Gasteiger partial charge >= 0.3 is 0 Å². The first-order valence-electron chi connectivity index (χ1n) is 8.00. The van der Waals surface area contributed by atoms with E-state index < -0.39 is 11.6 Å². The molecule has 3 unspecified atom stereocenters. The minimum absolute atomic E-state index is 0.0435. The molecule has 1 heterocycles. The second-order valence-corrected chi connectivity index (χ2v) is 6.60. The third-order valence-corrected chi connectivity index (χ3v) is 4.60. The zero-order chi connectivity index (χ0) is 16.6. The smallest absolute Gasteiger partial charge is 0.228 e. The fourth-order valence-corrected chi connectivity index (χ4v) is 3.19. The predicted molar refractivity (Wildman–Crippen MR) is 81.6 cm³/mol. The third kappa shape index (κ3) is 3.51. The molecule has 1 aromatic carbocycles. The number of likely N-dealkylation sites (tertiary alicyclic amines) is 1. The van der Waals surface area contributed by atoms with Crippen LogP contribution in [0.3, 0.4) is 0 Å². The Bertz CT molecular complexity index is 635. The van der Waals surface area contributed by atoms with Gasteiger partial charge in [-0.05, 0) is 37.3 Å². The van der Waals surface area contributed by atoms with Gasteiger partial charge in [0.2, 0.25) is 11.8 Å². The number of benzene rings is 1. The first-order chi connectivity index (χ1) is 11.0. The Hall–Kier alpha value is -1.98. The van der Waals surface area contributed by atoms with Gasteiger partial charge < -0.3 is 10.2 Å². The minimum Gasteiger partial charge on any atom is -0.342 e. The van der Waals surface area contributed by atoms with Crippen LogP contribution in [0.25, 0.3) is 0 Å². The lowest BCUT2D eigenvalue weighted by atomic mass is 10.00. The molecule has 2 aliphatic rings. The lowest BCUT2D eigenvalue weighted by molar-refractivity contribution is -0.135. The summed E-state index contributed by atoms with van der Waals surface area (Å²) < 4.78 is 26.0. The maximum absolute atomic E-state index is 13.1. The van der Waals surface area contributed by atoms with Crippen molar-refractivity contribution < 1.29 is 18.4 Å². The van der Waals surface area contributed by atoms with Gasteiger partial charge in [-0.1, -0.05) is 6.92 Å². The van der Waals surface area contributed by atoms with Crippen LogP contribution in [0.5, 0.6) is 0 Å². The first-order valence-corrected chi connectivity index (χ1v) is 8.00. The van der Waals surface area contributed by atoms with Crippen molar-refractivity contribution in [3.05, 3.63) is 29.8 Å². The summed E-state index contributed by atoms with van der Waals surface area (Å²) in [4.78, 5) is 26.4. The third-order valence-electron chi connectivity index (χ3n) is 4.60. The Morgan fingerprint density at radius 1 is 1.22 bits per heavy atom. The zero-order valence-electron chi connectivity index (χ0n) is 13.0. The van der Waals surface area contributed by atoms with E-state index in [1.54, 1.807) is 0 Å². The summed E-state index contributed by atoms with van der Waals surface area (Å²) in [5, 5.41) is 2.55. The SMILES string of the molecule is CC1CCCN(C(=O)C2CC2C(=O)Nc2ccc(F)c(F)c2)C1. The van der Waals surface area contributed by atoms with Gasteiger partial charge in [0.15, 0.2) is 11.6 Å². The Kier molecular flexibility index (Phi) is 4.33. The van der Waals surface area contributed by atoms with E-state index in [0.29, 0.717) is 12.3 Å². The molecule has 1 saturated heterocycles. The molecular weight excluding hydrogens is 302 g/mol. The van der Waals surface area contributed by atoms with Gasteiger partial charge in [-0.15, -0.1) is 0 Å². The molecule has 1 saturated carbocycles. The number of carbonyl (C=O) groups is 2. The highest BCUT2D eigenvalue weighted by molar-refractivity contribution is 5.99. The van der Waals surface area contributed by atoms with Crippen LogP contribution in [-0.2, 0) is 9.59 Å². The van der Waals surface area contributed by atoms with Crippen LogP contribution >= 0.6 is 0 Å². The molecule has 4 nitrogen and oxygen atoms in total. The number of amides is 2. The highest BCUT2D eigenvalue weighted by Crippen LogP contribution is 2.41. The van der Waals surface area contributed by atoms with E-state index in [2.05, 4.69) is 12.2 Å². The topological polar surface area (TPSA) is 49.4 Å². The first kappa shape index (κ1) is 15.9. The van der Waals surface area contributed by atoms with Gasteiger partial charge in [0.05, 0.1) is 11.8 Å². The summed E-state index contributed by atoms with van der Waals surface area (Å²) >= 11 is 0. The van der Waals surface area contributed by atoms with Gasteiger partial charge in [-0.25, -0.2) is 8.78 Å². The number of nitrogens with one attached hydrogen (secondary N) is 1. The molecule has 124 valence electrons. The van der Waals surface area contributed by atoms with Gasteiger partial charge in [0.1, 0.15) is 0 Å². The molecule has 0 radical (unpaired) electrons. The standard InChI is InChI=1S/C17H20F2N2O2/c1-10-3-2-6-21(9-10)17(23)13-8-12(13)16(22)20-11-4-5-14(18)15(19)7-11/h4-5,7,10,12-13H,2-3,6,8-9H2,1H3,(H,20,22). The number of anilines is 1. The largest absolute Gasteiger partial charge is 0.342 e. The van der Waals surface area contributed by atoms with E-state index in [4.69, 9.17) is 0 Å². The van der Waals surface area contributed by atoms with Crippen molar-refractivity contribution in [2.45, 2.75) is 26.2 Å². The van der Waals surface area contributed by atoms with Crippen LogP contribution in [0.2, 0.25) is 0 Å². The summed E-state index contributed by atoms with van der Waals surface area (Å²) in [6.45, 7) is 3.64. The second-order valence-electron chi connectivity index (χ2n) is 6.60. The summed E-state index contributed by atoms with van der Waals surface area (Å²) in [7, 11) is 0. The summed E-state index contributed by atoms with van der Waals surface area (Å²) in [6, 6.07) is 3.22. The number of hydrogen-bond acceptors (Lipinski definition) is 2. The van der Waals surface area contributed by atoms with Crippen molar-refractivity contribution in [2.75, 3.05) is 18.4 Å². The number of rotatable bonds is 3. The fraction of sp³-hybridized carbons (Fsp3) is 0.529. The molecule has 1 aromatic rings. The molecule has 0 aromatic heterocycles. The Labute approximate surface area is 133 Å². The van der Waals surface area contributed by atoms with Gasteiger partial charge in [-0.3, -0.25) is 9.59 Å². The van der Waals surface area contributed by atoms with Crippen LogP contribution < -0.4 is 5.32 Å². The number of piperidine rings is 1. The van der Waals surface area contributed by atoms with E-state index in [0.717, 1.165) is 38.1 Å². The van der Waals surface area contributed by atoms with E-state index in [1.807, 2.05) is 4.90 Å². The van der Waals surface area contributed by atoms with E-state index >= 15 is 0 Å². The Balaban J connectivity index is 1.56. The van der Waals surface area contributed by atoms with Crippen molar-refractivity contribution in [1.29, 1.82) is 0 Å². The Morgan fingerprint density at radius 2 is 2.00 bits per heavy atom. The van der Waals surface area contributed by atoms with Crippen LogP contribution in [-0.4, -0.2) is 29.8 Å². The zero-order valence-corrected chi connectivity index (χ0v) is 13.0. The van der Waals surface area contributed by atoms with Crippen LogP contribution in [0.1, 0.15) is 26.2 Å². The van der Waals surface area contributed by atoms with Crippen LogP contribution in [0.4, 0.5) is 14.5 Å². The maximum Gasteiger partial charge on any atom is 0.228 e. The molecule has 3 rings (SSSR count). The van der Waals surface area contributed by atoms with Crippen molar-refractivity contribution in [3.63, 3.8) is 0 Å². The van der Waals surface area contributed by atoms with Crippen molar-refractivity contribution >= 4 is 17.5 Å². The number of halogens is 2. The molecule has 1 N–H and O–H groups in total. The molecule has 6 heteroatoms. The maximum atomic E-state index is 13.1. The van der Waals surface area contributed by atoms with Crippen LogP contribution in [0.15, 0.2) is 18.2 Å². The monoisotopic (exact) mass is 322 g/mol. The number of hydrogen-bond donors (Lipinski definition) is 1. The molecule has 2 fully saturated rings. The number of nitrogens with zero attached hydrogens (tertiary/aromatic N) is 1. The summed E-state index contributed by atoms with van der Waals surface area (Å²) in [6.07, 6.45) is 2.67. The predicted octanol–water partition coefficient (Wildman–Crippen LogP) is 2.80. The lowest BCUT2D eigenvalue weighted by Crippen LogP contribution is -2.40. The highest BCUT2D eigenvalue weighted by atomic mass is 19.2. The molecule has 23 heavy (non-hydrogen) atoms. The summed E-state index contributed by atoms with van der Waals surface area (Å²) in [5.41, 5.74) is 0.207. The molecular formula is C17H20F2N2O2. The molecule has 1 aliphatic carbocycles. The second kappa shape index (κ2) is 6.26. The van der Waals surface area contributed by atoms with E-state index in [-0.39, 0.29) is 29.3 Å². The average Bonchev–Trinajstić information content (AvgIpc) is 3.31. The molecule has 3 atom stereocenters. The number of carbonyl (C=O) groups excluding carboxylic acids is 2. The van der Waals surface area contributed by atoms with E-state index in [9.17, 15) is 18.4 Å². The molecule has 0 bridgehead atoms. The average molecular weight is 322 g/mol. The van der Waals surface area contributed by atoms with Gasteiger partial charge in [0.25, 0.3) is 0 Å². The van der Waals surface area contributed by atoms with Gasteiger partial charge in [-0.2, -0.15) is 0 Å². The molecule has 0 spiro atoms. The van der Waals surface area contributed by atoms with Crippen LogP contribution in [0, 0.1) is 29.4 Å². The lowest BCUT2D eigenvalue weighted by Gasteiger charge is -2.31. The Morgan fingerprint density at radius 3 is 2.70 bits per heavy atom. The molecule has 1 aliphatic heterocycles. The fourth-order valence-electron chi connectivity index (χ4n) is 3.19. The minimum atomic E-state index is -1.01. The highest BCUT2D eigenvalue weighted by Gasteiger charge is 2.49. The van der Waals surface area contributed by atoms with Crippen molar-refractivity contribution in [2.24, 2.45) is 17.8 Å². The quantitative estimate of drug-likeness (QED) is 0.930. The van der Waals surface area contributed by atoms with Crippen molar-refractivity contribution in [3.8, 4) is 0 Å². The van der Waals surface area contributed by atoms with Gasteiger partial charge in [0, 0.05) is 24.8 Å². The summed E-state index contributed by atoms with van der Waals surface area (Å²) in [5.74, 6) is -2.36. The normalized spacial score (nSPS) is 26.7. The van der Waals surface area contributed by atoms with Crippen molar-refractivity contribution in [1.82, 2.24) is 4.90 Å². The molecule has 2 amide bonds.